The van der Waals surface area contributed by atoms with Crippen molar-refractivity contribution in [3.8, 4) is 11.5 Å². The Balaban J connectivity index is 2.31. The van der Waals surface area contributed by atoms with Gasteiger partial charge >= 0.3 is 0 Å². The topological polar surface area (TPSA) is 9.23 Å². The first-order valence-electron chi connectivity index (χ1n) is 6.84. The predicted molar refractivity (Wildman–Crippen MR) is 89.0 cm³/mol. The lowest BCUT2D eigenvalue weighted by molar-refractivity contribution is 0.474. The highest BCUT2D eigenvalue weighted by Gasteiger charge is 2.14. The molecule has 0 heterocycles. The van der Waals surface area contributed by atoms with E-state index < -0.39 is 0 Å². The molecule has 0 saturated heterocycles. The summed E-state index contributed by atoms with van der Waals surface area (Å²) in [6.45, 7) is 8.72. The van der Waals surface area contributed by atoms with E-state index in [2.05, 4.69) is 74.0 Å². The van der Waals surface area contributed by atoms with E-state index >= 15 is 0 Å². The van der Waals surface area contributed by atoms with Gasteiger partial charge in [-0.05, 0) is 36.1 Å². The highest BCUT2D eigenvalue weighted by molar-refractivity contribution is 9.08. The molecule has 0 atom stereocenters. The first-order valence-corrected chi connectivity index (χ1v) is 7.96. The van der Waals surface area contributed by atoms with Crippen molar-refractivity contribution in [2.75, 3.05) is 0 Å². The minimum Gasteiger partial charge on any atom is -0.457 e. The van der Waals surface area contributed by atoms with Gasteiger partial charge in [-0.25, -0.2) is 0 Å². The van der Waals surface area contributed by atoms with Crippen molar-refractivity contribution in [2.24, 2.45) is 0 Å². The van der Waals surface area contributed by atoms with Gasteiger partial charge in [0.2, 0.25) is 0 Å². The Kier molecular flexibility index (Phi) is 4.54. The normalized spacial score (nSPS) is 11.4. The van der Waals surface area contributed by atoms with Crippen molar-refractivity contribution in [1.82, 2.24) is 0 Å². The number of alkyl halides is 1. The maximum absolute atomic E-state index is 6.06. The van der Waals surface area contributed by atoms with Crippen molar-refractivity contribution in [1.29, 1.82) is 0 Å². The van der Waals surface area contributed by atoms with Crippen LogP contribution in [0.2, 0.25) is 0 Å². The van der Waals surface area contributed by atoms with E-state index in [-0.39, 0.29) is 5.41 Å². The van der Waals surface area contributed by atoms with Crippen molar-refractivity contribution < 1.29 is 4.74 Å². The zero-order chi connectivity index (χ0) is 14.8. The summed E-state index contributed by atoms with van der Waals surface area (Å²) in [5, 5.41) is 0.795. The molecule has 20 heavy (non-hydrogen) atoms. The van der Waals surface area contributed by atoms with E-state index in [0.717, 1.165) is 16.8 Å². The van der Waals surface area contributed by atoms with Crippen molar-refractivity contribution in [3.05, 3.63) is 59.2 Å². The second-order valence-corrected chi connectivity index (χ2v) is 6.69. The highest BCUT2D eigenvalue weighted by atomic mass is 79.9. The number of halogens is 1. The fourth-order valence-electron chi connectivity index (χ4n) is 2.07. The van der Waals surface area contributed by atoms with E-state index in [9.17, 15) is 0 Å². The standard InChI is InChI=1S/C18H21BrO/c1-13-8-9-17(14(10-13)12-19)20-16-7-5-6-15(11-16)18(2,3)4/h5-11H,12H2,1-4H3. The Morgan fingerprint density at radius 3 is 2.45 bits per heavy atom. The molecule has 0 radical (unpaired) electrons. The molecule has 0 bridgehead atoms. The summed E-state index contributed by atoms with van der Waals surface area (Å²) in [6.07, 6.45) is 0. The zero-order valence-electron chi connectivity index (χ0n) is 12.5. The average molecular weight is 333 g/mol. The molecule has 0 fully saturated rings. The molecule has 2 heteroatoms. The second-order valence-electron chi connectivity index (χ2n) is 6.12. The average Bonchev–Trinajstić information content (AvgIpc) is 2.40. The summed E-state index contributed by atoms with van der Waals surface area (Å²) < 4.78 is 6.06. The second kappa shape index (κ2) is 6.01. The maximum atomic E-state index is 6.06. The van der Waals surface area contributed by atoms with E-state index in [0.29, 0.717) is 0 Å². The van der Waals surface area contributed by atoms with Gasteiger partial charge in [0, 0.05) is 10.9 Å². The zero-order valence-corrected chi connectivity index (χ0v) is 14.1. The van der Waals surface area contributed by atoms with Crippen LogP contribution in [0.4, 0.5) is 0 Å². The fraction of sp³-hybridized carbons (Fsp3) is 0.333. The van der Waals surface area contributed by atoms with Gasteiger partial charge < -0.3 is 4.74 Å². The van der Waals surface area contributed by atoms with Gasteiger partial charge in [-0.3, -0.25) is 0 Å². The van der Waals surface area contributed by atoms with Crippen LogP contribution in [0.5, 0.6) is 11.5 Å². The summed E-state index contributed by atoms with van der Waals surface area (Å²) in [4.78, 5) is 0. The van der Waals surface area contributed by atoms with Gasteiger partial charge in [0.15, 0.2) is 0 Å². The minimum absolute atomic E-state index is 0.130. The Morgan fingerprint density at radius 1 is 1.05 bits per heavy atom. The predicted octanol–water partition coefficient (Wildman–Crippen LogP) is 5.98. The molecule has 0 amide bonds. The molecule has 2 rings (SSSR count). The van der Waals surface area contributed by atoms with Gasteiger partial charge in [-0.15, -0.1) is 0 Å². The van der Waals surface area contributed by atoms with Crippen molar-refractivity contribution in [3.63, 3.8) is 0 Å². The number of hydrogen-bond donors (Lipinski definition) is 0. The third kappa shape index (κ3) is 3.63. The van der Waals surface area contributed by atoms with Crippen LogP contribution in [0.3, 0.4) is 0 Å². The summed E-state index contributed by atoms with van der Waals surface area (Å²) >= 11 is 3.52. The SMILES string of the molecule is Cc1ccc(Oc2cccc(C(C)(C)C)c2)c(CBr)c1. The number of hydrogen-bond acceptors (Lipinski definition) is 1. The smallest absolute Gasteiger partial charge is 0.131 e. The van der Waals surface area contributed by atoms with Crippen molar-refractivity contribution >= 4 is 15.9 Å². The number of aryl methyl sites for hydroxylation is 1. The fourth-order valence-corrected chi connectivity index (χ4v) is 2.50. The number of ether oxygens (including phenoxy) is 1. The molecule has 2 aromatic carbocycles. The monoisotopic (exact) mass is 332 g/mol. The Morgan fingerprint density at radius 2 is 1.80 bits per heavy atom. The summed E-state index contributed by atoms with van der Waals surface area (Å²) in [7, 11) is 0. The minimum atomic E-state index is 0.130. The third-order valence-corrected chi connectivity index (χ3v) is 3.89. The highest BCUT2D eigenvalue weighted by Crippen LogP contribution is 2.31. The van der Waals surface area contributed by atoms with Crippen molar-refractivity contribution in [2.45, 2.75) is 38.4 Å². The van der Waals surface area contributed by atoms with Crippen LogP contribution >= 0.6 is 15.9 Å². The molecule has 0 unspecified atom stereocenters. The first-order chi connectivity index (χ1) is 9.40. The quantitative estimate of drug-likeness (QED) is 0.628. The van der Waals surface area contributed by atoms with Gasteiger partial charge in [-0.1, -0.05) is 66.5 Å². The van der Waals surface area contributed by atoms with E-state index in [1.807, 2.05) is 12.1 Å². The van der Waals surface area contributed by atoms with E-state index in [1.165, 1.54) is 16.7 Å². The lowest BCUT2D eigenvalue weighted by atomic mass is 9.87. The molecule has 0 aliphatic heterocycles. The third-order valence-electron chi connectivity index (χ3n) is 3.29. The van der Waals surface area contributed by atoms with Crippen LogP contribution in [-0.2, 0) is 10.7 Å². The molecule has 2 aromatic rings. The van der Waals surface area contributed by atoms with Crippen LogP contribution in [0, 0.1) is 6.92 Å². The van der Waals surface area contributed by atoms with Crippen LogP contribution in [-0.4, -0.2) is 0 Å². The molecular formula is C18H21BrO. The molecule has 0 spiro atoms. The van der Waals surface area contributed by atoms with Gasteiger partial charge in [0.25, 0.3) is 0 Å². The molecule has 0 aliphatic carbocycles. The first kappa shape index (κ1) is 15.1. The molecule has 0 saturated carbocycles. The molecule has 0 aliphatic rings. The van der Waals surface area contributed by atoms with Crippen LogP contribution in [0.15, 0.2) is 42.5 Å². The van der Waals surface area contributed by atoms with E-state index in [1.54, 1.807) is 0 Å². The summed E-state index contributed by atoms with van der Waals surface area (Å²) in [6, 6.07) is 14.6. The molecule has 1 nitrogen and oxygen atoms in total. The summed E-state index contributed by atoms with van der Waals surface area (Å²) in [5.74, 6) is 1.81. The number of rotatable bonds is 3. The number of benzene rings is 2. The van der Waals surface area contributed by atoms with Gasteiger partial charge in [0.1, 0.15) is 11.5 Å². The lowest BCUT2D eigenvalue weighted by Gasteiger charge is -2.20. The Labute approximate surface area is 130 Å². The Hall–Kier alpha value is -1.28. The molecule has 0 aromatic heterocycles. The maximum Gasteiger partial charge on any atom is 0.131 e. The van der Waals surface area contributed by atoms with Crippen LogP contribution < -0.4 is 4.74 Å². The van der Waals surface area contributed by atoms with Crippen LogP contribution in [0.1, 0.15) is 37.5 Å². The Bertz CT molecular complexity index is 597. The van der Waals surface area contributed by atoms with Gasteiger partial charge in [-0.2, -0.15) is 0 Å². The summed E-state index contributed by atoms with van der Waals surface area (Å²) in [5.41, 5.74) is 3.83. The van der Waals surface area contributed by atoms with Gasteiger partial charge in [0.05, 0.1) is 0 Å². The molecule has 0 N–H and O–H groups in total. The van der Waals surface area contributed by atoms with E-state index in [4.69, 9.17) is 4.74 Å². The molecule has 106 valence electrons. The largest absolute Gasteiger partial charge is 0.457 e. The molecular weight excluding hydrogens is 312 g/mol. The lowest BCUT2D eigenvalue weighted by Crippen LogP contribution is -2.10. The van der Waals surface area contributed by atoms with Crippen LogP contribution in [0.25, 0.3) is 0 Å².